The van der Waals surface area contributed by atoms with Crippen molar-refractivity contribution < 1.29 is 28.8 Å². The fourth-order valence-electron chi connectivity index (χ4n) is 4.25. The maximum Gasteiger partial charge on any atom is 0.159 e. The molecule has 1 aliphatic heterocycles. The highest BCUT2D eigenvalue weighted by molar-refractivity contribution is 8.00. The molecular formula is C20H15Cl2F2N3O4S. The number of nitrogens with zero attached hydrogens (tertiary/aromatic N) is 3. The molecule has 7 nitrogen and oxygen atoms in total. The number of thioether (sulfide) groups is 1. The van der Waals surface area contributed by atoms with E-state index in [9.17, 15) is 24.1 Å². The molecule has 12 heteroatoms. The van der Waals surface area contributed by atoms with Gasteiger partial charge in [-0.15, -0.1) is 5.10 Å². The summed E-state index contributed by atoms with van der Waals surface area (Å²) in [4.78, 5) is 0.652. The smallest absolute Gasteiger partial charge is 0.159 e. The Morgan fingerprint density at radius 2 is 1.84 bits per heavy atom. The number of hydrogen-bond acceptors (Lipinski definition) is 7. The molecule has 3 aromatic rings. The van der Waals surface area contributed by atoms with Gasteiger partial charge < -0.3 is 20.1 Å². The number of aliphatic hydroxyl groups is 3. The largest absolute Gasteiger partial charge is 0.393 e. The van der Waals surface area contributed by atoms with Crippen LogP contribution in [0.3, 0.4) is 0 Å². The van der Waals surface area contributed by atoms with Gasteiger partial charge in [0.15, 0.2) is 11.2 Å². The van der Waals surface area contributed by atoms with Crippen molar-refractivity contribution >= 4 is 35.0 Å². The van der Waals surface area contributed by atoms with Crippen molar-refractivity contribution in [2.24, 2.45) is 0 Å². The van der Waals surface area contributed by atoms with E-state index >= 15 is 0 Å². The maximum atomic E-state index is 13.6. The van der Waals surface area contributed by atoms with Crippen LogP contribution >= 0.6 is 35.0 Å². The van der Waals surface area contributed by atoms with Crippen LogP contribution in [0.1, 0.15) is 6.04 Å². The van der Waals surface area contributed by atoms with Crippen LogP contribution in [0.5, 0.6) is 0 Å². The molecule has 32 heavy (non-hydrogen) atoms. The first-order chi connectivity index (χ1) is 15.2. The third-order valence-electron chi connectivity index (χ3n) is 5.91. The average molecular weight is 502 g/mol. The van der Waals surface area contributed by atoms with Gasteiger partial charge in [-0.1, -0.05) is 40.2 Å². The lowest BCUT2D eigenvalue weighted by Gasteiger charge is -2.72. The Morgan fingerprint density at radius 3 is 2.50 bits per heavy atom. The van der Waals surface area contributed by atoms with E-state index < -0.39 is 47.0 Å². The van der Waals surface area contributed by atoms with E-state index in [1.54, 1.807) is 18.2 Å². The van der Waals surface area contributed by atoms with E-state index in [-0.39, 0.29) is 11.3 Å². The van der Waals surface area contributed by atoms with E-state index in [2.05, 4.69) is 10.3 Å². The third kappa shape index (κ3) is 3.02. The van der Waals surface area contributed by atoms with E-state index in [0.29, 0.717) is 14.9 Å². The lowest BCUT2D eigenvalue weighted by atomic mass is 9.55. The van der Waals surface area contributed by atoms with Crippen LogP contribution in [0.2, 0.25) is 10.0 Å². The van der Waals surface area contributed by atoms with Crippen molar-refractivity contribution in [1.29, 1.82) is 0 Å². The SMILES string of the molecule is OCC12O[C@H](Sc3ccc(Cl)c(Cl)c3)C1(O)C(n1cc(-c3cc(F)cc(F)c3)nn1)[C@H]2O. The molecule has 1 saturated carbocycles. The highest BCUT2D eigenvalue weighted by atomic mass is 35.5. The minimum atomic E-state index is -1.71. The Balaban J connectivity index is 1.45. The zero-order valence-electron chi connectivity index (χ0n) is 16.0. The van der Waals surface area contributed by atoms with Crippen molar-refractivity contribution in [2.75, 3.05) is 6.61 Å². The normalized spacial score (nSPS) is 31.0. The van der Waals surface area contributed by atoms with Gasteiger partial charge in [0, 0.05) is 16.5 Å². The molecule has 2 heterocycles. The summed E-state index contributed by atoms with van der Waals surface area (Å²) in [6.07, 6.45) is 0.0579. The van der Waals surface area contributed by atoms with E-state index in [0.717, 1.165) is 30.0 Å². The minimum absolute atomic E-state index is 0.148. The van der Waals surface area contributed by atoms with Crippen LogP contribution in [-0.4, -0.2) is 59.7 Å². The summed E-state index contributed by atoms with van der Waals surface area (Å²) >= 11 is 13.1. The summed E-state index contributed by atoms with van der Waals surface area (Å²) in [5.41, 5.74) is -3.89. The van der Waals surface area contributed by atoms with Gasteiger partial charge in [0.05, 0.1) is 22.8 Å². The molecule has 0 amide bonds. The third-order valence-corrected chi connectivity index (χ3v) is 7.84. The van der Waals surface area contributed by atoms with Gasteiger partial charge in [-0.05, 0) is 30.3 Å². The summed E-state index contributed by atoms with van der Waals surface area (Å²) in [6, 6.07) is 6.80. The molecule has 3 unspecified atom stereocenters. The Labute approximate surface area is 194 Å². The second-order valence-electron chi connectivity index (χ2n) is 7.65. The first-order valence-corrected chi connectivity index (χ1v) is 11.0. The number of rotatable bonds is 5. The molecule has 0 spiro atoms. The van der Waals surface area contributed by atoms with Crippen LogP contribution in [0, 0.1) is 11.6 Å². The summed E-state index contributed by atoms with van der Waals surface area (Å²) in [6.45, 7) is -0.629. The molecule has 1 aromatic heterocycles. The topological polar surface area (TPSA) is 101 Å². The van der Waals surface area contributed by atoms with Gasteiger partial charge in [0.1, 0.15) is 34.9 Å². The Bertz CT molecular complexity index is 1200. The number of halogens is 4. The predicted molar refractivity (Wildman–Crippen MR) is 112 cm³/mol. The second kappa shape index (κ2) is 7.63. The first kappa shape index (κ1) is 22.0. The lowest BCUT2D eigenvalue weighted by molar-refractivity contribution is -0.444. The highest BCUT2D eigenvalue weighted by Gasteiger charge is 2.85. The Kier molecular flexibility index (Phi) is 5.25. The summed E-state index contributed by atoms with van der Waals surface area (Å²) < 4.78 is 34.1. The Morgan fingerprint density at radius 1 is 1.12 bits per heavy atom. The fraction of sp³-hybridized carbons (Fsp3) is 0.300. The van der Waals surface area contributed by atoms with Crippen LogP contribution in [0.15, 0.2) is 47.5 Å². The second-order valence-corrected chi connectivity index (χ2v) is 9.60. The van der Waals surface area contributed by atoms with Gasteiger partial charge in [-0.2, -0.15) is 0 Å². The number of fused-ring (bicyclic) bond motifs is 1. The first-order valence-electron chi connectivity index (χ1n) is 9.39. The van der Waals surface area contributed by atoms with Crippen LogP contribution < -0.4 is 0 Å². The van der Waals surface area contributed by atoms with E-state index in [1.807, 2.05) is 0 Å². The molecule has 1 aliphatic carbocycles. The Hall–Kier alpha value is -1.79. The fourth-order valence-corrected chi connectivity index (χ4v) is 5.93. The summed E-state index contributed by atoms with van der Waals surface area (Å²) in [5, 5.41) is 40.6. The van der Waals surface area contributed by atoms with Gasteiger partial charge in [0.25, 0.3) is 0 Å². The van der Waals surface area contributed by atoms with Crippen LogP contribution in [0.4, 0.5) is 8.78 Å². The number of aromatic nitrogens is 3. The zero-order valence-corrected chi connectivity index (χ0v) is 18.3. The number of hydrogen-bond donors (Lipinski definition) is 3. The minimum Gasteiger partial charge on any atom is -0.393 e. The summed E-state index contributed by atoms with van der Waals surface area (Å²) in [7, 11) is 0. The number of ether oxygens (including phenoxy) is 1. The molecular weight excluding hydrogens is 487 g/mol. The van der Waals surface area contributed by atoms with Crippen molar-refractivity contribution in [2.45, 2.75) is 33.7 Å². The zero-order chi connectivity index (χ0) is 22.8. The van der Waals surface area contributed by atoms with E-state index in [4.69, 9.17) is 27.9 Å². The van der Waals surface area contributed by atoms with Gasteiger partial charge in [0.2, 0.25) is 0 Å². The molecule has 2 aliphatic rings. The molecule has 2 aromatic carbocycles. The van der Waals surface area contributed by atoms with Gasteiger partial charge >= 0.3 is 0 Å². The standard InChI is InChI=1S/C20H15Cl2F2N3O4S/c21-13-2-1-12(6-14(13)22)32-18-20(30)16(17(29)19(20,8-28)31-18)27-7-15(25-26-27)9-3-10(23)5-11(24)4-9/h1-7,16-18,28-30H,8H2/t16?,17-,18-,19?,20?/m1/s1. The van der Waals surface area contributed by atoms with Crippen molar-refractivity contribution in [3.63, 3.8) is 0 Å². The van der Waals surface area contributed by atoms with Crippen molar-refractivity contribution in [3.05, 3.63) is 64.3 Å². The molecule has 5 rings (SSSR count). The van der Waals surface area contributed by atoms with Crippen LogP contribution in [0.25, 0.3) is 11.3 Å². The van der Waals surface area contributed by atoms with E-state index in [1.165, 1.54) is 10.9 Å². The van der Waals surface area contributed by atoms with Gasteiger partial charge in [-0.25, -0.2) is 13.5 Å². The molecule has 2 fully saturated rings. The molecule has 0 radical (unpaired) electrons. The average Bonchev–Trinajstić information content (AvgIpc) is 3.22. The van der Waals surface area contributed by atoms with Crippen molar-refractivity contribution in [1.82, 2.24) is 15.0 Å². The lowest BCUT2D eigenvalue weighted by Crippen LogP contribution is -2.92. The highest BCUT2D eigenvalue weighted by Crippen LogP contribution is 2.66. The predicted octanol–water partition coefficient (Wildman–Crippen LogP) is 3.06. The quantitative estimate of drug-likeness (QED) is 0.493. The monoisotopic (exact) mass is 501 g/mol. The molecule has 3 N–H and O–H groups in total. The molecule has 168 valence electrons. The molecule has 0 bridgehead atoms. The van der Waals surface area contributed by atoms with Gasteiger partial charge in [-0.3, -0.25) is 0 Å². The maximum absolute atomic E-state index is 13.6. The number of aliphatic hydroxyl groups excluding tert-OH is 2. The molecule has 5 atom stereocenters. The van der Waals surface area contributed by atoms with Crippen molar-refractivity contribution in [3.8, 4) is 11.3 Å². The summed E-state index contributed by atoms with van der Waals surface area (Å²) in [5.74, 6) is -1.55. The molecule has 1 saturated heterocycles. The van der Waals surface area contributed by atoms with Crippen LogP contribution in [-0.2, 0) is 4.74 Å². The number of benzene rings is 2.